The van der Waals surface area contributed by atoms with Gasteiger partial charge >= 0.3 is 0 Å². The van der Waals surface area contributed by atoms with Crippen molar-refractivity contribution in [1.29, 1.82) is 0 Å². The minimum Gasteiger partial charge on any atom is -0.305 e. The Labute approximate surface area is 97.6 Å². The maximum atomic E-state index is 5.65. The van der Waals surface area contributed by atoms with Crippen molar-refractivity contribution >= 4 is 33.2 Å². The Morgan fingerprint density at radius 3 is 3.00 bits per heavy atom. The van der Waals surface area contributed by atoms with E-state index in [0.717, 1.165) is 17.1 Å². The van der Waals surface area contributed by atoms with E-state index < -0.39 is 0 Å². The van der Waals surface area contributed by atoms with Gasteiger partial charge < -0.3 is 5.32 Å². The third-order valence-corrected chi connectivity index (χ3v) is 3.10. The second-order valence-electron chi connectivity index (χ2n) is 3.20. The molecule has 2 nitrogen and oxygen atoms in total. The van der Waals surface area contributed by atoms with Crippen LogP contribution in [0, 0.1) is 0 Å². The number of para-hydroxylation sites is 1. The minimum absolute atomic E-state index is 0.621. The van der Waals surface area contributed by atoms with Gasteiger partial charge in [-0.2, -0.15) is 0 Å². The van der Waals surface area contributed by atoms with Gasteiger partial charge in [-0.1, -0.05) is 30.3 Å². The van der Waals surface area contributed by atoms with Crippen molar-refractivity contribution in [1.82, 2.24) is 10.3 Å². The molecule has 1 N–H and O–H groups in total. The summed E-state index contributed by atoms with van der Waals surface area (Å²) in [5.41, 5.74) is 1.06. The van der Waals surface area contributed by atoms with Gasteiger partial charge in [-0.3, -0.25) is 0 Å². The Morgan fingerprint density at radius 1 is 1.47 bits per heavy atom. The van der Waals surface area contributed by atoms with E-state index in [9.17, 15) is 0 Å². The normalized spacial score (nSPS) is 10.7. The number of thiazole rings is 1. The van der Waals surface area contributed by atoms with Crippen molar-refractivity contribution in [2.75, 3.05) is 6.54 Å². The molecular formula is C11H11ClN2S. The first-order valence-electron chi connectivity index (χ1n) is 4.64. The van der Waals surface area contributed by atoms with Gasteiger partial charge in [0.1, 0.15) is 5.01 Å². The van der Waals surface area contributed by atoms with Crippen molar-refractivity contribution in [2.24, 2.45) is 0 Å². The molecular weight excluding hydrogens is 228 g/mol. The second-order valence-corrected chi connectivity index (χ2v) is 4.85. The highest BCUT2D eigenvalue weighted by Crippen LogP contribution is 2.21. The van der Waals surface area contributed by atoms with E-state index in [1.54, 1.807) is 11.3 Å². The zero-order valence-electron chi connectivity index (χ0n) is 8.16. The lowest BCUT2D eigenvalue weighted by molar-refractivity contribution is 0.751. The van der Waals surface area contributed by atoms with Gasteiger partial charge in [-0.25, -0.2) is 4.98 Å². The molecule has 78 valence electrons. The Hall–Kier alpha value is -0.900. The first-order chi connectivity index (χ1) is 7.25. The second kappa shape index (κ2) is 4.75. The van der Waals surface area contributed by atoms with Crippen LogP contribution in [-0.2, 0) is 6.54 Å². The predicted octanol–water partition coefficient (Wildman–Crippen LogP) is 3.14. The third-order valence-electron chi connectivity index (χ3n) is 1.93. The summed E-state index contributed by atoms with van der Waals surface area (Å²) in [6, 6.07) is 8.13. The van der Waals surface area contributed by atoms with Crippen LogP contribution >= 0.6 is 22.9 Å². The van der Waals surface area contributed by atoms with Crippen molar-refractivity contribution < 1.29 is 0 Å². The third kappa shape index (κ3) is 2.78. The molecule has 2 rings (SSSR count). The van der Waals surface area contributed by atoms with Crippen LogP contribution in [0.3, 0.4) is 0 Å². The van der Waals surface area contributed by atoms with E-state index in [4.69, 9.17) is 11.6 Å². The monoisotopic (exact) mass is 238 g/mol. The number of benzene rings is 1. The molecule has 0 aliphatic carbocycles. The van der Waals surface area contributed by atoms with Crippen molar-refractivity contribution in [3.63, 3.8) is 0 Å². The van der Waals surface area contributed by atoms with Gasteiger partial charge in [0.25, 0.3) is 0 Å². The number of aromatic nitrogens is 1. The molecule has 0 fully saturated rings. The molecule has 1 heterocycles. The largest absolute Gasteiger partial charge is 0.305 e. The molecule has 1 aromatic heterocycles. The van der Waals surface area contributed by atoms with E-state index in [0.29, 0.717) is 11.6 Å². The van der Waals surface area contributed by atoms with Gasteiger partial charge in [0.15, 0.2) is 0 Å². The highest BCUT2D eigenvalue weighted by atomic mass is 35.5. The Kier molecular flexibility index (Phi) is 3.36. The van der Waals surface area contributed by atoms with E-state index in [1.807, 2.05) is 18.2 Å². The molecule has 0 unspecified atom stereocenters. The zero-order valence-corrected chi connectivity index (χ0v) is 9.74. The smallest absolute Gasteiger partial charge is 0.108 e. The fourth-order valence-corrected chi connectivity index (χ4v) is 2.33. The first kappa shape index (κ1) is 10.6. The van der Waals surface area contributed by atoms with E-state index in [1.165, 1.54) is 4.70 Å². The summed E-state index contributed by atoms with van der Waals surface area (Å²) >= 11 is 7.35. The predicted molar refractivity (Wildman–Crippen MR) is 66.3 cm³/mol. The number of fused-ring (bicyclic) bond motifs is 1. The summed E-state index contributed by atoms with van der Waals surface area (Å²) in [4.78, 5) is 4.49. The van der Waals surface area contributed by atoms with Crippen LogP contribution in [0.15, 0.2) is 35.9 Å². The summed E-state index contributed by atoms with van der Waals surface area (Å²) < 4.78 is 1.22. The lowest BCUT2D eigenvalue weighted by atomic mass is 10.3. The first-order valence-corrected chi connectivity index (χ1v) is 5.83. The van der Waals surface area contributed by atoms with E-state index in [2.05, 4.69) is 22.9 Å². The summed E-state index contributed by atoms with van der Waals surface area (Å²) in [7, 11) is 0. The number of nitrogens with zero attached hydrogens (tertiary/aromatic N) is 1. The lowest BCUT2D eigenvalue weighted by Gasteiger charge is -1.98. The molecule has 0 bridgehead atoms. The SMILES string of the molecule is C=C(Cl)CNCc1nc2ccccc2s1. The van der Waals surface area contributed by atoms with Gasteiger partial charge in [-0.15, -0.1) is 11.3 Å². The quantitative estimate of drug-likeness (QED) is 0.885. The maximum absolute atomic E-state index is 5.65. The molecule has 0 amide bonds. The summed E-state index contributed by atoms with van der Waals surface area (Å²) in [5.74, 6) is 0. The van der Waals surface area contributed by atoms with Gasteiger partial charge in [0.05, 0.1) is 10.2 Å². The Bertz CT molecular complexity index is 445. The molecule has 0 spiro atoms. The number of nitrogens with one attached hydrogen (secondary N) is 1. The standard InChI is InChI=1S/C11H11ClN2S/c1-8(12)6-13-7-11-14-9-4-2-3-5-10(9)15-11/h2-5,13H,1,6-7H2. The Balaban J connectivity index is 2.05. The van der Waals surface area contributed by atoms with Crippen LogP contribution in [0.25, 0.3) is 10.2 Å². The highest BCUT2D eigenvalue weighted by molar-refractivity contribution is 7.18. The van der Waals surface area contributed by atoms with Crippen LogP contribution in [0.5, 0.6) is 0 Å². The number of hydrogen-bond donors (Lipinski definition) is 1. The van der Waals surface area contributed by atoms with Crippen LogP contribution in [0.4, 0.5) is 0 Å². The fourth-order valence-electron chi connectivity index (χ4n) is 1.30. The molecule has 0 atom stereocenters. The highest BCUT2D eigenvalue weighted by Gasteiger charge is 2.01. The average molecular weight is 239 g/mol. The molecule has 4 heteroatoms. The van der Waals surface area contributed by atoms with Gasteiger partial charge in [0, 0.05) is 18.1 Å². The van der Waals surface area contributed by atoms with Crippen molar-refractivity contribution in [2.45, 2.75) is 6.54 Å². The van der Waals surface area contributed by atoms with Crippen molar-refractivity contribution in [3.8, 4) is 0 Å². The molecule has 0 saturated heterocycles. The van der Waals surface area contributed by atoms with Crippen molar-refractivity contribution in [3.05, 3.63) is 40.9 Å². The van der Waals surface area contributed by atoms with Gasteiger partial charge in [0.2, 0.25) is 0 Å². The topological polar surface area (TPSA) is 24.9 Å². The molecule has 1 aromatic carbocycles. The lowest BCUT2D eigenvalue weighted by Crippen LogP contribution is -2.14. The van der Waals surface area contributed by atoms with Crippen LogP contribution in [-0.4, -0.2) is 11.5 Å². The van der Waals surface area contributed by atoms with E-state index >= 15 is 0 Å². The average Bonchev–Trinajstić information content (AvgIpc) is 2.59. The molecule has 0 aliphatic rings. The summed E-state index contributed by atoms with van der Waals surface area (Å²) in [6.07, 6.45) is 0. The number of halogens is 1. The van der Waals surface area contributed by atoms with Crippen LogP contribution in [0.2, 0.25) is 0 Å². The van der Waals surface area contributed by atoms with Gasteiger partial charge in [-0.05, 0) is 12.1 Å². The number of rotatable bonds is 4. The molecule has 0 saturated carbocycles. The molecule has 15 heavy (non-hydrogen) atoms. The molecule has 0 radical (unpaired) electrons. The molecule has 0 aliphatic heterocycles. The van der Waals surface area contributed by atoms with Crippen LogP contribution < -0.4 is 5.32 Å². The number of hydrogen-bond acceptors (Lipinski definition) is 3. The van der Waals surface area contributed by atoms with Crippen LogP contribution in [0.1, 0.15) is 5.01 Å². The Morgan fingerprint density at radius 2 is 2.27 bits per heavy atom. The van der Waals surface area contributed by atoms with E-state index in [-0.39, 0.29) is 0 Å². The summed E-state index contributed by atoms with van der Waals surface area (Å²) in [5, 5.41) is 4.88. The summed E-state index contributed by atoms with van der Waals surface area (Å²) in [6.45, 7) is 4.98. The molecule has 2 aromatic rings. The minimum atomic E-state index is 0.621. The zero-order chi connectivity index (χ0) is 10.7. The maximum Gasteiger partial charge on any atom is 0.108 e. The fraction of sp³-hybridized carbons (Fsp3) is 0.182.